The number of rotatable bonds is 8. The van der Waals surface area contributed by atoms with Crippen LogP contribution < -0.4 is 10.0 Å². The maximum absolute atomic E-state index is 12.4. The number of thioether (sulfide) groups is 1. The Morgan fingerprint density at radius 2 is 1.69 bits per heavy atom. The molecular formula is C19H24N2O3S2. The van der Waals surface area contributed by atoms with Gasteiger partial charge in [-0.1, -0.05) is 42.0 Å². The van der Waals surface area contributed by atoms with E-state index in [9.17, 15) is 13.2 Å². The number of sulfonamides is 1. The molecule has 26 heavy (non-hydrogen) atoms. The molecule has 1 unspecified atom stereocenters. The summed E-state index contributed by atoms with van der Waals surface area (Å²) in [6.45, 7) is 4.18. The molecule has 0 aliphatic heterocycles. The van der Waals surface area contributed by atoms with Crippen LogP contribution in [0.4, 0.5) is 0 Å². The topological polar surface area (TPSA) is 75.3 Å². The molecule has 0 aliphatic carbocycles. The molecule has 0 aromatic heterocycles. The third kappa shape index (κ3) is 6.16. The summed E-state index contributed by atoms with van der Waals surface area (Å²) in [5, 5.41) is 2.65. The van der Waals surface area contributed by atoms with Gasteiger partial charge in [-0.3, -0.25) is 4.79 Å². The summed E-state index contributed by atoms with van der Waals surface area (Å²) >= 11 is 1.50. The number of hydrogen-bond acceptors (Lipinski definition) is 4. The Hall–Kier alpha value is -1.83. The summed E-state index contributed by atoms with van der Waals surface area (Å²) in [5.74, 6) is -0.190. The average molecular weight is 393 g/mol. The Morgan fingerprint density at radius 3 is 2.31 bits per heavy atom. The monoisotopic (exact) mass is 392 g/mol. The van der Waals surface area contributed by atoms with Crippen molar-refractivity contribution in [3.8, 4) is 0 Å². The van der Waals surface area contributed by atoms with E-state index in [1.807, 2.05) is 50.2 Å². The normalized spacial score (nSPS) is 12.6. The molecule has 7 heteroatoms. The minimum absolute atomic E-state index is 0.0816. The largest absolute Gasteiger partial charge is 0.351 e. The predicted octanol–water partition coefficient (Wildman–Crippen LogP) is 2.84. The molecule has 2 N–H and O–H groups in total. The molecule has 1 atom stereocenters. The minimum Gasteiger partial charge on any atom is -0.351 e. The van der Waals surface area contributed by atoms with Crippen molar-refractivity contribution in [1.29, 1.82) is 0 Å². The zero-order valence-corrected chi connectivity index (χ0v) is 16.8. The van der Waals surface area contributed by atoms with Crippen LogP contribution in [0.2, 0.25) is 0 Å². The third-order valence-electron chi connectivity index (χ3n) is 3.93. The number of nitrogens with one attached hydrogen (secondary N) is 2. The lowest BCUT2D eigenvalue weighted by Gasteiger charge is -2.14. The van der Waals surface area contributed by atoms with Crippen LogP contribution in [0.1, 0.15) is 23.6 Å². The first kappa shape index (κ1) is 20.5. The SMILES string of the molecule is CNS(=O)(=O)Cc1ccccc1CNC(=O)C(C)Sc1ccc(C)cc1. The van der Waals surface area contributed by atoms with Crippen LogP contribution in [0.3, 0.4) is 0 Å². The molecule has 1 amide bonds. The molecule has 0 saturated heterocycles. The molecule has 0 aliphatic rings. The number of carbonyl (C=O) groups is 1. The van der Waals surface area contributed by atoms with Gasteiger partial charge in [0.1, 0.15) is 0 Å². The van der Waals surface area contributed by atoms with Gasteiger partial charge in [-0.2, -0.15) is 0 Å². The first-order valence-electron chi connectivity index (χ1n) is 8.30. The number of amides is 1. The summed E-state index contributed by atoms with van der Waals surface area (Å²) in [6.07, 6.45) is 0. The number of aryl methyl sites for hydroxylation is 1. The molecule has 0 radical (unpaired) electrons. The Balaban J connectivity index is 1.97. The van der Waals surface area contributed by atoms with Crippen LogP contribution in [0, 0.1) is 6.92 Å². The van der Waals surface area contributed by atoms with Crippen molar-refractivity contribution in [3.05, 3.63) is 65.2 Å². The Labute approximate surface area is 159 Å². The maximum Gasteiger partial charge on any atom is 0.233 e. The summed E-state index contributed by atoms with van der Waals surface area (Å²) in [6, 6.07) is 15.3. The molecule has 140 valence electrons. The van der Waals surface area contributed by atoms with Gasteiger partial charge in [-0.15, -0.1) is 11.8 Å². The highest BCUT2D eigenvalue weighted by Gasteiger charge is 2.16. The average Bonchev–Trinajstić information content (AvgIpc) is 2.62. The van der Waals surface area contributed by atoms with E-state index in [-0.39, 0.29) is 16.9 Å². The van der Waals surface area contributed by atoms with E-state index >= 15 is 0 Å². The van der Waals surface area contributed by atoms with Gasteiger partial charge in [0.25, 0.3) is 0 Å². The fourth-order valence-electron chi connectivity index (χ4n) is 2.35. The first-order valence-corrected chi connectivity index (χ1v) is 10.8. The van der Waals surface area contributed by atoms with Crippen molar-refractivity contribution >= 4 is 27.7 Å². The van der Waals surface area contributed by atoms with Crippen molar-refractivity contribution in [2.45, 2.75) is 36.3 Å². The second kappa shape index (κ2) is 9.21. The van der Waals surface area contributed by atoms with Gasteiger partial charge in [0.2, 0.25) is 15.9 Å². The van der Waals surface area contributed by atoms with Gasteiger partial charge in [-0.05, 0) is 44.2 Å². The first-order chi connectivity index (χ1) is 12.3. The van der Waals surface area contributed by atoms with Crippen molar-refractivity contribution in [2.75, 3.05) is 7.05 Å². The lowest BCUT2D eigenvalue weighted by atomic mass is 10.1. The number of hydrogen-bond donors (Lipinski definition) is 2. The molecule has 5 nitrogen and oxygen atoms in total. The Morgan fingerprint density at radius 1 is 1.08 bits per heavy atom. The second-order valence-electron chi connectivity index (χ2n) is 6.02. The van der Waals surface area contributed by atoms with Crippen LogP contribution in [-0.4, -0.2) is 26.6 Å². The summed E-state index contributed by atoms with van der Waals surface area (Å²) in [7, 11) is -1.97. The van der Waals surface area contributed by atoms with E-state index in [4.69, 9.17) is 0 Å². The van der Waals surface area contributed by atoms with Crippen LogP contribution in [0.15, 0.2) is 53.4 Å². The van der Waals surface area contributed by atoms with E-state index < -0.39 is 10.0 Å². The van der Waals surface area contributed by atoms with Gasteiger partial charge in [0, 0.05) is 11.4 Å². The summed E-state index contributed by atoms with van der Waals surface area (Å²) in [5.41, 5.74) is 2.66. The van der Waals surface area contributed by atoms with Crippen LogP contribution in [-0.2, 0) is 27.1 Å². The predicted molar refractivity (Wildman–Crippen MR) is 106 cm³/mol. The Bertz CT molecular complexity index is 849. The van der Waals surface area contributed by atoms with Crippen molar-refractivity contribution < 1.29 is 13.2 Å². The highest BCUT2D eigenvalue weighted by Crippen LogP contribution is 2.23. The van der Waals surface area contributed by atoms with E-state index in [0.29, 0.717) is 12.1 Å². The Kier molecular flexibility index (Phi) is 7.25. The molecule has 0 saturated carbocycles. The molecule has 0 heterocycles. The molecule has 2 rings (SSSR count). The van der Waals surface area contributed by atoms with Gasteiger partial charge >= 0.3 is 0 Å². The smallest absolute Gasteiger partial charge is 0.233 e. The van der Waals surface area contributed by atoms with E-state index in [2.05, 4.69) is 10.0 Å². The quantitative estimate of drug-likeness (QED) is 0.678. The lowest BCUT2D eigenvalue weighted by molar-refractivity contribution is -0.120. The number of benzene rings is 2. The summed E-state index contributed by atoms with van der Waals surface area (Å²) in [4.78, 5) is 13.4. The maximum atomic E-state index is 12.4. The summed E-state index contributed by atoms with van der Waals surface area (Å²) < 4.78 is 25.9. The fourth-order valence-corrected chi connectivity index (χ4v) is 4.08. The number of carbonyl (C=O) groups excluding carboxylic acids is 1. The van der Waals surface area contributed by atoms with Crippen molar-refractivity contribution in [3.63, 3.8) is 0 Å². The molecule has 0 bridgehead atoms. The van der Waals surface area contributed by atoms with E-state index in [0.717, 1.165) is 10.5 Å². The zero-order valence-electron chi connectivity index (χ0n) is 15.2. The zero-order chi connectivity index (χ0) is 19.2. The van der Waals surface area contributed by atoms with E-state index in [1.165, 1.54) is 24.4 Å². The minimum atomic E-state index is -3.36. The molecule has 2 aromatic rings. The van der Waals surface area contributed by atoms with Gasteiger partial charge in [0.15, 0.2) is 0 Å². The van der Waals surface area contributed by atoms with Gasteiger partial charge < -0.3 is 5.32 Å². The lowest BCUT2D eigenvalue weighted by Crippen LogP contribution is -2.31. The third-order valence-corrected chi connectivity index (χ3v) is 6.36. The van der Waals surface area contributed by atoms with Crippen LogP contribution >= 0.6 is 11.8 Å². The second-order valence-corrected chi connectivity index (χ2v) is 9.36. The van der Waals surface area contributed by atoms with Gasteiger partial charge in [-0.25, -0.2) is 13.1 Å². The molecule has 0 spiro atoms. The standard InChI is InChI=1S/C19H24N2O3S2/c1-14-8-10-18(11-9-14)25-15(2)19(22)21-12-16-6-4-5-7-17(16)13-26(23,24)20-3/h4-11,15,20H,12-13H2,1-3H3,(H,21,22). The highest BCUT2D eigenvalue weighted by atomic mass is 32.2. The molecular weight excluding hydrogens is 368 g/mol. The van der Waals surface area contributed by atoms with Crippen molar-refractivity contribution in [2.24, 2.45) is 0 Å². The van der Waals surface area contributed by atoms with E-state index in [1.54, 1.807) is 12.1 Å². The molecule has 0 fully saturated rings. The van der Waals surface area contributed by atoms with Crippen molar-refractivity contribution in [1.82, 2.24) is 10.0 Å². The molecule has 2 aromatic carbocycles. The highest BCUT2D eigenvalue weighted by molar-refractivity contribution is 8.00. The fraction of sp³-hybridized carbons (Fsp3) is 0.316. The van der Waals surface area contributed by atoms with Gasteiger partial charge in [0.05, 0.1) is 11.0 Å². The van der Waals surface area contributed by atoms with Crippen LogP contribution in [0.5, 0.6) is 0 Å². The van der Waals surface area contributed by atoms with Crippen LogP contribution in [0.25, 0.3) is 0 Å².